The van der Waals surface area contributed by atoms with Gasteiger partial charge in [-0.25, -0.2) is 0 Å². The summed E-state index contributed by atoms with van der Waals surface area (Å²) in [5.41, 5.74) is -1.23. The van der Waals surface area contributed by atoms with Gasteiger partial charge in [0.05, 0.1) is 17.7 Å². The Kier molecular flexibility index (Phi) is 3.53. The van der Waals surface area contributed by atoms with E-state index in [4.69, 9.17) is 4.42 Å². The first-order valence-electron chi connectivity index (χ1n) is 6.59. The Morgan fingerprint density at radius 1 is 1.33 bits per heavy atom. The monoisotopic (exact) mass is 301 g/mol. The zero-order valence-corrected chi connectivity index (χ0v) is 12.3. The summed E-state index contributed by atoms with van der Waals surface area (Å²) in [5, 5.41) is 14.1. The molecular weight excluding hydrogens is 286 g/mol. The van der Waals surface area contributed by atoms with Crippen molar-refractivity contribution in [2.45, 2.75) is 12.5 Å². The molecule has 0 fully saturated rings. The van der Waals surface area contributed by atoms with Crippen molar-refractivity contribution in [3.05, 3.63) is 59.4 Å². The fraction of sp³-hybridized carbons (Fsp3) is 0.188. The summed E-state index contributed by atoms with van der Waals surface area (Å²) in [7, 11) is 0. The average Bonchev–Trinajstić information content (AvgIpc) is 3.13. The molecule has 3 rings (SSSR count). The fourth-order valence-electron chi connectivity index (χ4n) is 2.11. The number of hydrogen-bond acceptors (Lipinski definition) is 4. The highest BCUT2D eigenvalue weighted by molar-refractivity contribution is 7.20. The molecule has 108 valence electrons. The maximum atomic E-state index is 12.2. The molecule has 0 saturated carbocycles. The summed E-state index contributed by atoms with van der Waals surface area (Å²) < 4.78 is 6.26. The minimum absolute atomic E-state index is 0.0909. The minimum Gasteiger partial charge on any atom is -0.466 e. The molecular formula is C16H15NO3S. The summed E-state index contributed by atoms with van der Waals surface area (Å²) in [6.07, 6.45) is 1.50. The number of rotatable bonds is 4. The predicted molar refractivity (Wildman–Crippen MR) is 82.4 cm³/mol. The van der Waals surface area contributed by atoms with E-state index in [2.05, 4.69) is 5.32 Å². The van der Waals surface area contributed by atoms with Crippen molar-refractivity contribution in [3.63, 3.8) is 0 Å². The number of benzene rings is 1. The molecule has 3 aromatic rings. The third kappa shape index (κ3) is 2.84. The van der Waals surface area contributed by atoms with E-state index < -0.39 is 5.60 Å². The normalized spacial score (nSPS) is 14.0. The van der Waals surface area contributed by atoms with Crippen LogP contribution < -0.4 is 5.32 Å². The van der Waals surface area contributed by atoms with Gasteiger partial charge in [0, 0.05) is 4.70 Å². The Hall–Kier alpha value is -2.11. The molecule has 0 aliphatic heterocycles. The molecule has 5 heteroatoms. The maximum Gasteiger partial charge on any atom is 0.261 e. The van der Waals surface area contributed by atoms with Crippen molar-refractivity contribution in [1.29, 1.82) is 0 Å². The first-order chi connectivity index (χ1) is 10.1. The Morgan fingerprint density at radius 3 is 2.86 bits per heavy atom. The fourth-order valence-corrected chi connectivity index (χ4v) is 3.08. The van der Waals surface area contributed by atoms with Gasteiger partial charge in [0.1, 0.15) is 11.4 Å². The lowest BCUT2D eigenvalue weighted by Gasteiger charge is -2.20. The standard InChI is InChI=1S/C16H15NO3S/c1-16(19,14-7-4-8-20-14)10-17-15(18)13-9-11-5-2-3-6-12(11)21-13/h2-9,19H,10H2,1H3,(H,17,18)/t16-/m0/s1. The van der Waals surface area contributed by atoms with Crippen molar-refractivity contribution < 1.29 is 14.3 Å². The summed E-state index contributed by atoms with van der Waals surface area (Å²) >= 11 is 1.44. The molecule has 0 bridgehead atoms. The topological polar surface area (TPSA) is 62.5 Å². The molecule has 1 amide bonds. The maximum absolute atomic E-state index is 12.2. The molecule has 2 aromatic heterocycles. The SMILES string of the molecule is C[C@](O)(CNC(=O)c1cc2ccccc2s1)c1ccco1. The Labute approximate surface area is 126 Å². The second-order valence-corrected chi connectivity index (χ2v) is 6.17. The van der Waals surface area contributed by atoms with Gasteiger partial charge in [-0.1, -0.05) is 18.2 Å². The molecule has 4 nitrogen and oxygen atoms in total. The zero-order chi connectivity index (χ0) is 14.9. The molecule has 0 aliphatic carbocycles. The van der Waals surface area contributed by atoms with Gasteiger partial charge in [0.15, 0.2) is 0 Å². The van der Waals surface area contributed by atoms with E-state index in [9.17, 15) is 9.90 Å². The molecule has 0 radical (unpaired) electrons. The lowest BCUT2D eigenvalue weighted by molar-refractivity contribution is 0.0331. The Balaban J connectivity index is 1.72. The molecule has 0 aliphatic rings. The van der Waals surface area contributed by atoms with E-state index in [1.807, 2.05) is 30.3 Å². The second-order valence-electron chi connectivity index (χ2n) is 5.08. The van der Waals surface area contributed by atoms with Crippen molar-refractivity contribution in [3.8, 4) is 0 Å². The molecule has 0 unspecified atom stereocenters. The number of hydrogen-bond donors (Lipinski definition) is 2. The van der Waals surface area contributed by atoms with Crippen LogP contribution in [0, 0.1) is 0 Å². The average molecular weight is 301 g/mol. The van der Waals surface area contributed by atoms with E-state index in [1.54, 1.807) is 19.1 Å². The van der Waals surface area contributed by atoms with E-state index in [1.165, 1.54) is 17.6 Å². The van der Waals surface area contributed by atoms with Gasteiger partial charge in [-0.2, -0.15) is 0 Å². The van der Waals surface area contributed by atoms with E-state index in [0.29, 0.717) is 10.6 Å². The van der Waals surface area contributed by atoms with Crippen LogP contribution >= 0.6 is 11.3 Å². The van der Waals surface area contributed by atoms with Crippen molar-refractivity contribution in [2.24, 2.45) is 0 Å². The van der Waals surface area contributed by atoms with Crippen LogP contribution in [0.1, 0.15) is 22.4 Å². The molecule has 2 N–H and O–H groups in total. The molecule has 21 heavy (non-hydrogen) atoms. The summed E-state index contributed by atoms with van der Waals surface area (Å²) in [4.78, 5) is 12.8. The first-order valence-corrected chi connectivity index (χ1v) is 7.41. The third-order valence-electron chi connectivity index (χ3n) is 3.29. The summed E-state index contributed by atoms with van der Waals surface area (Å²) in [6.45, 7) is 1.70. The Bertz CT molecular complexity index is 726. The van der Waals surface area contributed by atoms with Gasteiger partial charge in [-0.15, -0.1) is 11.3 Å². The number of fused-ring (bicyclic) bond motifs is 1. The van der Waals surface area contributed by atoms with Gasteiger partial charge in [0.2, 0.25) is 0 Å². The number of furan rings is 1. The number of amides is 1. The zero-order valence-electron chi connectivity index (χ0n) is 11.5. The Morgan fingerprint density at radius 2 is 2.14 bits per heavy atom. The van der Waals surface area contributed by atoms with E-state index in [-0.39, 0.29) is 12.5 Å². The lowest BCUT2D eigenvalue weighted by atomic mass is 10.0. The van der Waals surface area contributed by atoms with Crippen molar-refractivity contribution >= 4 is 27.3 Å². The van der Waals surface area contributed by atoms with Gasteiger partial charge < -0.3 is 14.8 Å². The van der Waals surface area contributed by atoms with Gasteiger partial charge in [-0.05, 0) is 36.6 Å². The van der Waals surface area contributed by atoms with Crippen LogP contribution in [0.4, 0.5) is 0 Å². The van der Waals surface area contributed by atoms with Crippen LogP contribution in [-0.4, -0.2) is 17.6 Å². The van der Waals surface area contributed by atoms with Crippen molar-refractivity contribution in [1.82, 2.24) is 5.32 Å². The van der Waals surface area contributed by atoms with Crippen LogP contribution in [0.2, 0.25) is 0 Å². The van der Waals surface area contributed by atoms with Crippen LogP contribution in [0.25, 0.3) is 10.1 Å². The lowest BCUT2D eigenvalue weighted by Crippen LogP contribution is -2.38. The molecule has 1 atom stereocenters. The predicted octanol–water partition coefficient (Wildman–Crippen LogP) is 3.13. The smallest absolute Gasteiger partial charge is 0.261 e. The van der Waals surface area contributed by atoms with E-state index in [0.717, 1.165) is 10.1 Å². The van der Waals surface area contributed by atoms with Crippen LogP contribution in [0.3, 0.4) is 0 Å². The molecule has 1 aromatic carbocycles. The number of carbonyl (C=O) groups is 1. The molecule has 0 saturated heterocycles. The number of aliphatic hydroxyl groups is 1. The highest BCUT2D eigenvalue weighted by Crippen LogP contribution is 2.25. The first kappa shape index (κ1) is 13.9. The number of thiophene rings is 1. The van der Waals surface area contributed by atoms with Crippen molar-refractivity contribution in [2.75, 3.05) is 6.54 Å². The van der Waals surface area contributed by atoms with Crippen LogP contribution in [-0.2, 0) is 5.60 Å². The largest absolute Gasteiger partial charge is 0.466 e. The number of carbonyl (C=O) groups excluding carboxylic acids is 1. The third-order valence-corrected chi connectivity index (χ3v) is 4.41. The van der Waals surface area contributed by atoms with Gasteiger partial charge in [-0.3, -0.25) is 4.79 Å². The summed E-state index contributed by atoms with van der Waals surface area (Å²) in [5.74, 6) is 0.238. The van der Waals surface area contributed by atoms with E-state index >= 15 is 0 Å². The highest BCUT2D eigenvalue weighted by atomic mass is 32.1. The molecule has 0 spiro atoms. The quantitative estimate of drug-likeness (QED) is 0.778. The highest BCUT2D eigenvalue weighted by Gasteiger charge is 2.27. The van der Waals surface area contributed by atoms with Gasteiger partial charge >= 0.3 is 0 Å². The molecule has 2 heterocycles. The summed E-state index contributed by atoms with van der Waals surface area (Å²) in [6, 6.07) is 13.1. The minimum atomic E-state index is -1.23. The second kappa shape index (κ2) is 5.35. The van der Waals surface area contributed by atoms with Gasteiger partial charge in [0.25, 0.3) is 5.91 Å². The van der Waals surface area contributed by atoms with Crippen LogP contribution in [0.5, 0.6) is 0 Å². The van der Waals surface area contributed by atoms with Crippen LogP contribution in [0.15, 0.2) is 53.1 Å². The number of nitrogens with one attached hydrogen (secondary N) is 1.